The van der Waals surface area contributed by atoms with E-state index in [0.717, 1.165) is 23.4 Å². The van der Waals surface area contributed by atoms with E-state index >= 15 is 0 Å². The Balaban J connectivity index is 1.65. The lowest BCUT2D eigenvalue weighted by molar-refractivity contribution is -0.292. The van der Waals surface area contributed by atoms with E-state index in [2.05, 4.69) is 10.2 Å². The molecule has 0 aliphatic carbocycles. The Bertz CT molecular complexity index is 836. The van der Waals surface area contributed by atoms with Crippen LogP contribution in [0.1, 0.15) is 32.8 Å². The Kier molecular flexibility index (Phi) is 7.12. The lowest BCUT2D eigenvalue weighted by atomic mass is 9.95. The second-order valence-electron chi connectivity index (χ2n) is 7.47. The highest BCUT2D eigenvalue weighted by atomic mass is 16.7. The average Bonchev–Trinajstić information content (AvgIpc) is 2.71. The van der Waals surface area contributed by atoms with Crippen LogP contribution < -0.4 is 0 Å². The maximum atomic E-state index is 12.3. The molecule has 0 spiro atoms. The van der Waals surface area contributed by atoms with Gasteiger partial charge in [0, 0.05) is 0 Å². The summed E-state index contributed by atoms with van der Waals surface area (Å²) in [6, 6.07) is 17.6. The normalized spacial score (nSPS) is 21.2. The van der Waals surface area contributed by atoms with Gasteiger partial charge in [0.15, 0.2) is 5.79 Å². The number of ether oxygens (including phenoxy) is 3. The van der Waals surface area contributed by atoms with E-state index in [9.17, 15) is 4.79 Å². The highest BCUT2D eigenvalue weighted by molar-refractivity contribution is 5.73. The van der Waals surface area contributed by atoms with Crippen LogP contribution in [-0.4, -0.2) is 31.1 Å². The van der Waals surface area contributed by atoms with E-state index in [-0.39, 0.29) is 12.1 Å². The van der Waals surface area contributed by atoms with E-state index < -0.39 is 11.7 Å². The number of rotatable bonds is 7. The lowest BCUT2D eigenvalue weighted by Gasteiger charge is -2.40. The van der Waals surface area contributed by atoms with Gasteiger partial charge >= 0.3 is 5.97 Å². The molecule has 1 heterocycles. The van der Waals surface area contributed by atoms with Crippen molar-refractivity contribution >= 4 is 17.3 Å². The number of nitrogens with zero attached hydrogens (tertiary/aromatic N) is 2. The second kappa shape index (κ2) is 9.76. The monoisotopic (exact) mass is 396 g/mol. The molecule has 2 atom stereocenters. The molecule has 0 radical (unpaired) electrons. The summed E-state index contributed by atoms with van der Waals surface area (Å²) in [6.45, 7) is 6.19. The molecule has 1 saturated heterocycles. The summed E-state index contributed by atoms with van der Waals surface area (Å²) in [5, 5.41) is 8.59. The van der Waals surface area contributed by atoms with Crippen LogP contribution in [-0.2, 0) is 25.4 Å². The van der Waals surface area contributed by atoms with Crippen molar-refractivity contribution in [2.45, 2.75) is 45.5 Å². The molecular weight excluding hydrogens is 368 g/mol. The van der Waals surface area contributed by atoms with Gasteiger partial charge in [-0.25, -0.2) is 0 Å². The standard InChI is InChI=1S/C23H28N2O4/c1-4-27-22(26)20-16-28-23(2,3)29-21(20)14-13-17-9-8-12-19(15-17)25-24-18-10-6-5-7-11-18/h5-12,15,20-21H,4,13-14,16H2,1-3H3/t20-,21-/m1/s1. The molecule has 29 heavy (non-hydrogen) atoms. The van der Waals surface area contributed by atoms with Crippen molar-refractivity contribution in [3.63, 3.8) is 0 Å². The topological polar surface area (TPSA) is 69.5 Å². The molecule has 6 heteroatoms. The summed E-state index contributed by atoms with van der Waals surface area (Å²) < 4.78 is 16.9. The van der Waals surface area contributed by atoms with Crippen molar-refractivity contribution in [1.82, 2.24) is 0 Å². The molecule has 2 aromatic rings. The van der Waals surface area contributed by atoms with Crippen LogP contribution in [0.25, 0.3) is 0 Å². The van der Waals surface area contributed by atoms with Crippen LogP contribution in [0.5, 0.6) is 0 Å². The molecule has 0 amide bonds. The second-order valence-corrected chi connectivity index (χ2v) is 7.47. The summed E-state index contributed by atoms with van der Waals surface area (Å²) in [4.78, 5) is 12.3. The van der Waals surface area contributed by atoms with Gasteiger partial charge in [0.1, 0.15) is 5.92 Å². The third-order valence-electron chi connectivity index (χ3n) is 4.75. The van der Waals surface area contributed by atoms with Crippen LogP contribution in [0.3, 0.4) is 0 Å². The third-order valence-corrected chi connectivity index (χ3v) is 4.75. The predicted molar refractivity (Wildman–Crippen MR) is 110 cm³/mol. The highest BCUT2D eigenvalue weighted by Crippen LogP contribution is 2.30. The Morgan fingerprint density at radius 2 is 1.83 bits per heavy atom. The van der Waals surface area contributed by atoms with Crippen molar-refractivity contribution in [2.75, 3.05) is 13.2 Å². The molecule has 154 valence electrons. The van der Waals surface area contributed by atoms with E-state index in [4.69, 9.17) is 14.2 Å². The van der Waals surface area contributed by atoms with Gasteiger partial charge in [-0.3, -0.25) is 4.79 Å². The van der Waals surface area contributed by atoms with Crippen LogP contribution in [0.15, 0.2) is 64.8 Å². The molecule has 1 aliphatic heterocycles. The summed E-state index contributed by atoms with van der Waals surface area (Å²) in [5.74, 6) is -1.39. The zero-order chi connectivity index (χ0) is 20.7. The molecule has 0 unspecified atom stereocenters. The van der Waals surface area contributed by atoms with Crippen molar-refractivity contribution in [2.24, 2.45) is 16.1 Å². The molecule has 0 saturated carbocycles. The smallest absolute Gasteiger partial charge is 0.313 e. The minimum absolute atomic E-state index is 0.257. The molecule has 3 rings (SSSR count). The van der Waals surface area contributed by atoms with Gasteiger partial charge in [0.05, 0.1) is 30.7 Å². The van der Waals surface area contributed by atoms with E-state index in [1.54, 1.807) is 6.92 Å². The fourth-order valence-electron chi connectivity index (χ4n) is 3.30. The van der Waals surface area contributed by atoms with Crippen molar-refractivity contribution in [1.29, 1.82) is 0 Å². The van der Waals surface area contributed by atoms with Crippen LogP contribution >= 0.6 is 0 Å². The number of carbonyl (C=O) groups excluding carboxylic acids is 1. The van der Waals surface area contributed by atoms with Gasteiger partial charge < -0.3 is 14.2 Å². The fourth-order valence-corrected chi connectivity index (χ4v) is 3.30. The number of benzene rings is 2. The zero-order valence-electron chi connectivity index (χ0n) is 17.2. The van der Waals surface area contributed by atoms with Crippen LogP contribution in [0.2, 0.25) is 0 Å². The first-order chi connectivity index (χ1) is 14.0. The van der Waals surface area contributed by atoms with Gasteiger partial charge in [-0.05, 0) is 63.4 Å². The van der Waals surface area contributed by atoms with Crippen molar-refractivity contribution in [3.05, 3.63) is 60.2 Å². The first kappa shape index (κ1) is 21.1. The summed E-state index contributed by atoms with van der Waals surface area (Å²) in [7, 11) is 0. The van der Waals surface area contributed by atoms with Gasteiger partial charge in [0.2, 0.25) is 0 Å². The van der Waals surface area contributed by atoms with E-state index in [0.29, 0.717) is 19.6 Å². The van der Waals surface area contributed by atoms with Gasteiger partial charge in [-0.1, -0.05) is 30.3 Å². The molecule has 0 bridgehead atoms. The average molecular weight is 396 g/mol. The van der Waals surface area contributed by atoms with Crippen molar-refractivity contribution < 1.29 is 19.0 Å². The maximum absolute atomic E-state index is 12.3. The minimum Gasteiger partial charge on any atom is -0.466 e. The quantitative estimate of drug-likeness (QED) is 0.466. The SMILES string of the molecule is CCOC(=O)[C@@H]1COC(C)(C)O[C@@H]1CCc1cccc(N=Nc2ccccc2)c1. The number of esters is 1. The number of hydrogen-bond donors (Lipinski definition) is 0. The third kappa shape index (κ3) is 6.21. The molecule has 2 aromatic carbocycles. The molecular formula is C23H28N2O4. The fraction of sp³-hybridized carbons (Fsp3) is 0.435. The Hall–Kier alpha value is -2.57. The molecule has 0 aromatic heterocycles. The molecule has 1 aliphatic rings. The van der Waals surface area contributed by atoms with Gasteiger partial charge in [0.25, 0.3) is 0 Å². The van der Waals surface area contributed by atoms with E-state index in [1.807, 2.05) is 68.4 Å². The van der Waals surface area contributed by atoms with Crippen LogP contribution in [0, 0.1) is 5.92 Å². The summed E-state index contributed by atoms with van der Waals surface area (Å²) in [6.07, 6.45) is 1.19. The largest absolute Gasteiger partial charge is 0.466 e. The Morgan fingerprint density at radius 1 is 1.10 bits per heavy atom. The number of azo groups is 1. The van der Waals surface area contributed by atoms with Gasteiger partial charge in [-0.15, -0.1) is 0 Å². The molecule has 0 N–H and O–H groups in total. The summed E-state index contributed by atoms with van der Waals surface area (Å²) >= 11 is 0. The molecule has 1 fully saturated rings. The summed E-state index contributed by atoms with van der Waals surface area (Å²) in [5.41, 5.74) is 2.72. The first-order valence-corrected chi connectivity index (χ1v) is 10.0. The number of carbonyl (C=O) groups is 1. The number of hydrogen-bond acceptors (Lipinski definition) is 6. The first-order valence-electron chi connectivity index (χ1n) is 10.0. The zero-order valence-corrected chi connectivity index (χ0v) is 17.2. The minimum atomic E-state index is -0.709. The predicted octanol–water partition coefficient (Wildman–Crippen LogP) is 5.37. The lowest BCUT2D eigenvalue weighted by Crippen LogP contribution is -2.49. The maximum Gasteiger partial charge on any atom is 0.313 e. The molecule has 6 nitrogen and oxygen atoms in total. The highest BCUT2D eigenvalue weighted by Gasteiger charge is 2.40. The Labute approximate surface area is 171 Å². The van der Waals surface area contributed by atoms with E-state index in [1.165, 1.54) is 0 Å². The van der Waals surface area contributed by atoms with Crippen molar-refractivity contribution in [3.8, 4) is 0 Å². The number of aryl methyl sites for hydroxylation is 1. The van der Waals surface area contributed by atoms with Gasteiger partial charge in [-0.2, -0.15) is 10.2 Å². The van der Waals surface area contributed by atoms with Crippen LogP contribution in [0.4, 0.5) is 11.4 Å². The Morgan fingerprint density at radius 3 is 2.59 bits per heavy atom.